The second kappa shape index (κ2) is 9.40. The molecule has 0 atom stereocenters. The molecule has 0 fully saturated rings. The molecule has 0 aliphatic heterocycles. The Kier molecular flexibility index (Phi) is 6.48. The molecule has 3 aromatic carbocycles. The van der Waals surface area contributed by atoms with Gasteiger partial charge in [0.1, 0.15) is 18.2 Å². The first kappa shape index (κ1) is 24.8. The average molecular weight is 512 g/mol. The lowest BCUT2D eigenvalue weighted by Crippen LogP contribution is -2.20. The zero-order chi connectivity index (χ0) is 26.1. The number of urea groups is 1. The Bertz CT molecular complexity index is 1410. The summed E-state index contributed by atoms with van der Waals surface area (Å²) in [6, 6.07) is 10.2. The molecule has 3 N–H and O–H groups in total. The molecule has 0 unspecified atom stereocenters. The number of nitrogens with zero attached hydrogens (tertiary/aromatic N) is 1. The van der Waals surface area contributed by atoms with Crippen molar-refractivity contribution in [1.82, 2.24) is 10.2 Å². The van der Waals surface area contributed by atoms with Gasteiger partial charge in [-0.15, -0.1) is 0 Å². The van der Waals surface area contributed by atoms with Gasteiger partial charge in [0.2, 0.25) is 0 Å². The molecule has 0 saturated carbocycles. The van der Waals surface area contributed by atoms with Gasteiger partial charge in [0.05, 0.1) is 22.3 Å². The molecule has 2 amide bonds. The van der Waals surface area contributed by atoms with E-state index in [-0.39, 0.29) is 23.3 Å². The summed E-state index contributed by atoms with van der Waals surface area (Å²) in [7, 11) is 0. The number of hydrogen-bond acceptors (Lipinski definition) is 3. The van der Waals surface area contributed by atoms with E-state index in [1.165, 1.54) is 36.4 Å². The van der Waals surface area contributed by atoms with Crippen LogP contribution in [0.25, 0.3) is 10.9 Å². The summed E-state index contributed by atoms with van der Waals surface area (Å²) in [6.45, 7) is -0.674. The van der Waals surface area contributed by atoms with Crippen LogP contribution in [0.2, 0.25) is 0 Å². The van der Waals surface area contributed by atoms with Crippen LogP contribution >= 0.6 is 0 Å². The molecular weight excluding hydrogens is 497 g/mol. The zero-order valence-corrected chi connectivity index (χ0v) is 17.9. The third-order valence-corrected chi connectivity index (χ3v) is 5.03. The average Bonchev–Trinajstić information content (AvgIpc) is 3.19. The number of nitrogens with one attached hydrogen (secondary N) is 3. The van der Waals surface area contributed by atoms with Crippen LogP contribution in [0.4, 0.5) is 47.0 Å². The fraction of sp³-hybridized carbons (Fsp3) is 0.130. The Hall–Kier alpha value is -4.29. The van der Waals surface area contributed by atoms with Crippen LogP contribution in [-0.4, -0.2) is 16.2 Å². The monoisotopic (exact) mass is 512 g/mol. The topological polar surface area (TPSA) is 79.0 Å². The largest absolute Gasteiger partial charge is 0.489 e. The van der Waals surface area contributed by atoms with Gasteiger partial charge in [-0.05, 0) is 42.5 Å². The van der Waals surface area contributed by atoms with Crippen molar-refractivity contribution in [2.45, 2.75) is 19.0 Å². The molecule has 0 bridgehead atoms. The summed E-state index contributed by atoms with van der Waals surface area (Å²) in [5.74, 6) is -0.569. The SMILES string of the molecule is O=C(Nc1ccccc1F)Nc1n[nH]c2ccc(OCc3ccc(C(F)(F)F)cc3C(F)(F)F)cc12. The van der Waals surface area contributed by atoms with Gasteiger partial charge in [0, 0.05) is 10.9 Å². The molecule has 0 saturated heterocycles. The minimum atomic E-state index is -5.03. The van der Waals surface area contributed by atoms with E-state index >= 15 is 0 Å². The summed E-state index contributed by atoms with van der Waals surface area (Å²) in [6.07, 6.45) is -9.97. The summed E-state index contributed by atoms with van der Waals surface area (Å²) < 4.78 is 97.8. The fourth-order valence-corrected chi connectivity index (χ4v) is 3.31. The molecular formula is C23H15F7N4O2. The van der Waals surface area contributed by atoms with Crippen molar-refractivity contribution in [2.75, 3.05) is 10.6 Å². The van der Waals surface area contributed by atoms with Gasteiger partial charge in [0.25, 0.3) is 0 Å². The molecule has 0 aliphatic carbocycles. The number of aromatic nitrogens is 2. The molecule has 4 aromatic rings. The number of halogens is 7. The van der Waals surface area contributed by atoms with Crippen molar-refractivity contribution >= 4 is 28.4 Å². The summed E-state index contributed by atoms with van der Waals surface area (Å²) in [4.78, 5) is 12.2. The number of fused-ring (bicyclic) bond motifs is 1. The number of ether oxygens (including phenoxy) is 1. The van der Waals surface area contributed by atoms with Crippen LogP contribution in [0, 0.1) is 5.82 Å². The normalized spacial score (nSPS) is 12.0. The number of aromatic amines is 1. The number of anilines is 2. The number of H-pyrrole nitrogens is 1. The Morgan fingerprint density at radius 1 is 0.917 bits per heavy atom. The highest BCUT2D eigenvalue weighted by molar-refractivity contribution is 6.04. The molecule has 1 aromatic heterocycles. The molecule has 36 heavy (non-hydrogen) atoms. The van der Waals surface area contributed by atoms with E-state index in [0.29, 0.717) is 23.0 Å². The first-order chi connectivity index (χ1) is 16.9. The van der Waals surface area contributed by atoms with E-state index in [0.717, 1.165) is 6.07 Å². The Morgan fingerprint density at radius 2 is 1.67 bits per heavy atom. The lowest BCUT2D eigenvalue weighted by molar-refractivity contribution is -0.143. The molecule has 13 heteroatoms. The highest BCUT2D eigenvalue weighted by Gasteiger charge is 2.38. The zero-order valence-electron chi connectivity index (χ0n) is 17.9. The van der Waals surface area contributed by atoms with Gasteiger partial charge in [-0.3, -0.25) is 10.4 Å². The van der Waals surface area contributed by atoms with Crippen LogP contribution in [-0.2, 0) is 19.0 Å². The predicted molar refractivity (Wildman–Crippen MR) is 116 cm³/mol. The van der Waals surface area contributed by atoms with E-state index in [9.17, 15) is 35.5 Å². The third-order valence-electron chi connectivity index (χ3n) is 5.03. The van der Waals surface area contributed by atoms with Gasteiger partial charge in [0.15, 0.2) is 5.82 Å². The van der Waals surface area contributed by atoms with Gasteiger partial charge >= 0.3 is 18.4 Å². The van der Waals surface area contributed by atoms with Crippen molar-refractivity contribution in [1.29, 1.82) is 0 Å². The van der Waals surface area contributed by atoms with E-state index in [1.54, 1.807) is 0 Å². The molecule has 0 radical (unpaired) electrons. The lowest BCUT2D eigenvalue weighted by atomic mass is 10.0. The maximum Gasteiger partial charge on any atom is 0.416 e. The van der Waals surface area contributed by atoms with Crippen molar-refractivity contribution in [3.05, 3.63) is 83.2 Å². The summed E-state index contributed by atoms with van der Waals surface area (Å²) >= 11 is 0. The number of carbonyl (C=O) groups excluding carboxylic acids is 1. The number of hydrogen-bond donors (Lipinski definition) is 3. The summed E-state index contributed by atoms with van der Waals surface area (Å²) in [5.41, 5.74) is -3.02. The number of rotatable bonds is 5. The number of benzene rings is 3. The number of carbonyl (C=O) groups is 1. The first-order valence-electron chi connectivity index (χ1n) is 10.1. The molecule has 0 spiro atoms. The maximum atomic E-state index is 13.7. The Balaban J connectivity index is 1.52. The van der Waals surface area contributed by atoms with Gasteiger partial charge < -0.3 is 10.1 Å². The minimum Gasteiger partial charge on any atom is -0.489 e. The summed E-state index contributed by atoms with van der Waals surface area (Å²) in [5, 5.41) is 11.6. The number of para-hydroxylation sites is 1. The predicted octanol–water partition coefficient (Wildman–Crippen LogP) is 6.96. The molecule has 188 valence electrons. The third kappa shape index (κ3) is 5.50. The van der Waals surface area contributed by atoms with Gasteiger partial charge in [-0.25, -0.2) is 9.18 Å². The Morgan fingerprint density at radius 3 is 2.36 bits per heavy atom. The van der Waals surface area contributed by atoms with Gasteiger partial charge in [-0.1, -0.05) is 18.2 Å². The van der Waals surface area contributed by atoms with Crippen LogP contribution in [0.1, 0.15) is 16.7 Å². The highest BCUT2D eigenvalue weighted by Crippen LogP contribution is 2.38. The van der Waals surface area contributed by atoms with E-state index in [1.807, 2.05) is 0 Å². The Labute approximate surface area is 198 Å². The van der Waals surface area contributed by atoms with Crippen LogP contribution in [0.3, 0.4) is 0 Å². The van der Waals surface area contributed by atoms with Crippen molar-refractivity contribution in [3.8, 4) is 5.75 Å². The van der Waals surface area contributed by atoms with Crippen LogP contribution < -0.4 is 15.4 Å². The second-order valence-electron chi connectivity index (χ2n) is 7.49. The van der Waals surface area contributed by atoms with Crippen molar-refractivity contribution in [2.24, 2.45) is 0 Å². The molecule has 0 aliphatic rings. The lowest BCUT2D eigenvalue weighted by Gasteiger charge is -2.16. The van der Waals surface area contributed by atoms with Crippen molar-refractivity contribution < 1.29 is 40.3 Å². The quantitative estimate of drug-likeness (QED) is 0.253. The molecule has 1 heterocycles. The standard InChI is InChI=1S/C23H15F7N4O2/c24-17-3-1-2-4-19(17)31-21(35)32-20-15-10-14(7-8-18(15)33-34-20)36-11-12-5-6-13(22(25,26)27)9-16(12)23(28,29)30/h1-10H,11H2,(H3,31,32,33,34,35). The van der Waals surface area contributed by atoms with Crippen LogP contribution in [0.5, 0.6) is 5.75 Å². The maximum absolute atomic E-state index is 13.7. The first-order valence-corrected chi connectivity index (χ1v) is 10.1. The van der Waals surface area contributed by atoms with Crippen LogP contribution in [0.15, 0.2) is 60.7 Å². The van der Waals surface area contributed by atoms with E-state index < -0.39 is 47.5 Å². The van der Waals surface area contributed by atoms with E-state index in [4.69, 9.17) is 4.74 Å². The molecule has 6 nitrogen and oxygen atoms in total. The number of alkyl halides is 6. The smallest absolute Gasteiger partial charge is 0.416 e. The second-order valence-corrected chi connectivity index (χ2v) is 7.49. The van der Waals surface area contributed by atoms with E-state index in [2.05, 4.69) is 20.8 Å². The minimum absolute atomic E-state index is 0.0230. The van der Waals surface area contributed by atoms with Crippen molar-refractivity contribution in [3.63, 3.8) is 0 Å². The van der Waals surface area contributed by atoms with Gasteiger partial charge in [-0.2, -0.15) is 31.4 Å². The fourth-order valence-electron chi connectivity index (χ4n) is 3.31. The highest BCUT2D eigenvalue weighted by atomic mass is 19.4. The molecule has 4 rings (SSSR count). The number of amides is 2.